The summed E-state index contributed by atoms with van der Waals surface area (Å²) in [5.74, 6) is 0. The summed E-state index contributed by atoms with van der Waals surface area (Å²) in [4.78, 5) is 10.6. The van der Waals surface area contributed by atoms with Crippen LogP contribution in [0.5, 0.6) is 0 Å². The number of hydrogen-bond donors (Lipinski definition) is 1. The molecule has 0 aliphatic carbocycles. The topological polar surface area (TPSA) is 79.0 Å². The van der Waals surface area contributed by atoms with E-state index in [1.165, 1.54) is 6.07 Å². The molecule has 2 aromatic rings. The highest BCUT2D eigenvalue weighted by atomic mass is 79.9. The monoisotopic (exact) mass is 331 g/mol. The smallest absolute Gasteiger partial charge is 0.293 e. The first-order chi connectivity index (χ1) is 9.51. The van der Waals surface area contributed by atoms with Gasteiger partial charge in [-0.15, -0.1) is 0 Å². The molecule has 0 atom stereocenters. The highest BCUT2D eigenvalue weighted by Crippen LogP contribution is 2.31. The van der Waals surface area contributed by atoms with E-state index < -0.39 is 4.92 Å². The van der Waals surface area contributed by atoms with Crippen LogP contribution in [-0.4, -0.2) is 4.92 Å². The van der Waals surface area contributed by atoms with E-state index in [0.29, 0.717) is 21.4 Å². The summed E-state index contributed by atoms with van der Waals surface area (Å²) in [6, 6.07) is 12.0. The number of aryl methyl sites for hydroxylation is 1. The van der Waals surface area contributed by atoms with E-state index in [4.69, 9.17) is 5.26 Å². The highest BCUT2D eigenvalue weighted by molar-refractivity contribution is 9.10. The van der Waals surface area contributed by atoms with Crippen LogP contribution in [0.25, 0.3) is 0 Å². The van der Waals surface area contributed by atoms with E-state index in [0.717, 1.165) is 5.56 Å². The zero-order valence-electron chi connectivity index (χ0n) is 10.6. The fourth-order valence-electron chi connectivity index (χ4n) is 1.73. The second-order valence-electron chi connectivity index (χ2n) is 4.19. The lowest BCUT2D eigenvalue weighted by molar-refractivity contribution is -0.384. The van der Waals surface area contributed by atoms with Gasteiger partial charge in [0.2, 0.25) is 0 Å². The number of anilines is 2. The molecule has 1 N–H and O–H groups in total. The zero-order chi connectivity index (χ0) is 14.7. The molecule has 0 heterocycles. The summed E-state index contributed by atoms with van der Waals surface area (Å²) >= 11 is 3.21. The van der Waals surface area contributed by atoms with E-state index in [2.05, 4.69) is 21.2 Å². The van der Waals surface area contributed by atoms with Crippen LogP contribution in [0.15, 0.2) is 40.9 Å². The van der Waals surface area contributed by atoms with Crippen LogP contribution < -0.4 is 5.32 Å². The first kappa shape index (κ1) is 14.0. The molecule has 0 unspecified atom stereocenters. The number of nitro groups is 1. The Morgan fingerprint density at radius 3 is 2.65 bits per heavy atom. The summed E-state index contributed by atoms with van der Waals surface area (Å²) in [6.45, 7) is 1.87. The van der Waals surface area contributed by atoms with Crippen LogP contribution in [0.2, 0.25) is 0 Å². The van der Waals surface area contributed by atoms with Crippen LogP contribution in [0.1, 0.15) is 11.1 Å². The molecule has 20 heavy (non-hydrogen) atoms. The van der Waals surface area contributed by atoms with Gasteiger partial charge in [-0.3, -0.25) is 10.1 Å². The molecule has 0 bridgehead atoms. The third-order valence-corrected chi connectivity index (χ3v) is 3.29. The maximum absolute atomic E-state index is 11.1. The van der Waals surface area contributed by atoms with Gasteiger partial charge in [-0.25, -0.2) is 0 Å². The Bertz CT molecular complexity index is 723. The van der Waals surface area contributed by atoms with Crippen molar-refractivity contribution in [3.8, 4) is 6.07 Å². The van der Waals surface area contributed by atoms with Crippen molar-refractivity contribution in [2.24, 2.45) is 0 Å². The van der Waals surface area contributed by atoms with Crippen molar-refractivity contribution >= 4 is 33.0 Å². The van der Waals surface area contributed by atoms with Crippen molar-refractivity contribution in [3.05, 3.63) is 62.1 Å². The third-order valence-electron chi connectivity index (χ3n) is 2.79. The molecule has 100 valence electrons. The van der Waals surface area contributed by atoms with Crippen molar-refractivity contribution in [1.29, 1.82) is 5.26 Å². The lowest BCUT2D eigenvalue weighted by Crippen LogP contribution is -1.98. The lowest BCUT2D eigenvalue weighted by atomic mass is 10.1. The second-order valence-corrected chi connectivity index (χ2v) is 5.10. The largest absolute Gasteiger partial charge is 0.350 e. The first-order valence-electron chi connectivity index (χ1n) is 5.73. The molecular weight excluding hydrogens is 322 g/mol. The normalized spacial score (nSPS) is 9.85. The maximum atomic E-state index is 11.1. The third kappa shape index (κ3) is 2.95. The molecule has 0 aromatic heterocycles. The van der Waals surface area contributed by atoms with Gasteiger partial charge in [-0.2, -0.15) is 5.26 Å². The number of nitro benzene ring substituents is 1. The Morgan fingerprint density at radius 2 is 2.00 bits per heavy atom. The summed E-state index contributed by atoms with van der Waals surface area (Å²) in [5.41, 5.74) is 2.44. The summed E-state index contributed by atoms with van der Waals surface area (Å²) < 4.78 is 0.636. The minimum Gasteiger partial charge on any atom is -0.350 e. The fraction of sp³-hybridized carbons (Fsp3) is 0.0714. The molecule has 0 amide bonds. The van der Waals surface area contributed by atoms with Crippen LogP contribution in [0.4, 0.5) is 17.1 Å². The Hall–Kier alpha value is -2.39. The minimum atomic E-state index is -0.448. The van der Waals surface area contributed by atoms with E-state index >= 15 is 0 Å². The number of hydrogen-bond acceptors (Lipinski definition) is 4. The molecule has 0 fully saturated rings. The predicted molar refractivity (Wildman–Crippen MR) is 80.0 cm³/mol. The number of halogens is 1. The van der Waals surface area contributed by atoms with Crippen molar-refractivity contribution in [2.45, 2.75) is 6.92 Å². The number of nitrogens with zero attached hydrogens (tertiary/aromatic N) is 2. The molecule has 0 saturated carbocycles. The fourth-order valence-corrected chi connectivity index (χ4v) is 2.08. The molecule has 0 aliphatic rings. The van der Waals surface area contributed by atoms with Gasteiger partial charge in [-0.1, -0.05) is 22.0 Å². The molecule has 0 aliphatic heterocycles. The zero-order valence-corrected chi connectivity index (χ0v) is 12.1. The van der Waals surface area contributed by atoms with Gasteiger partial charge in [0.1, 0.15) is 5.69 Å². The molecule has 0 saturated heterocycles. The average Bonchev–Trinajstić information content (AvgIpc) is 2.42. The summed E-state index contributed by atoms with van der Waals surface area (Å²) in [7, 11) is 0. The lowest BCUT2D eigenvalue weighted by Gasteiger charge is -2.10. The molecular formula is C14H10BrN3O2. The van der Waals surface area contributed by atoms with Gasteiger partial charge in [0, 0.05) is 16.2 Å². The summed E-state index contributed by atoms with van der Waals surface area (Å²) in [6.07, 6.45) is 0. The maximum Gasteiger partial charge on any atom is 0.293 e. The average molecular weight is 332 g/mol. The Labute approximate surface area is 124 Å². The van der Waals surface area contributed by atoms with Crippen molar-refractivity contribution in [3.63, 3.8) is 0 Å². The number of nitriles is 1. The molecule has 5 nitrogen and oxygen atoms in total. The van der Waals surface area contributed by atoms with Crippen LogP contribution in [0.3, 0.4) is 0 Å². The molecule has 0 radical (unpaired) electrons. The number of benzene rings is 2. The Kier molecular flexibility index (Phi) is 4.01. The van der Waals surface area contributed by atoms with Crippen molar-refractivity contribution in [2.75, 3.05) is 5.32 Å². The molecule has 2 aromatic carbocycles. The van der Waals surface area contributed by atoms with E-state index in [1.807, 2.05) is 13.0 Å². The van der Waals surface area contributed by atoms with Crippen LogP contribution >= 0.6 is 15.9 Å². The van der Waals surface area contributed by atoms with Gasteiger partial charge < -0.3 is 5.32 Å². The van der Waals surface area contributed by atoms with Gasteiger partial charge in [-0.05, 0) is 36.8 Å². The molecule has 6 heteroatoms. The van der Waals surface area contributed by atoms with E-state index in [9.17, 15) is 10.1 Å². The Balaban J connectivity index is 2.45. The number of rotatable bonds is 3. The highest BCUT2D eigenvalue weighted by Gasteiger charge is 2.15. The Morgan fingerprint density at radius 1 is 1.25 bits per heavy atom. The molecule has 2 rings (SSSR count). The van der Waals surface area contributed by atoms with E-state index in [1.54, 1.807) is 30.3 Å². The van der Waals surface area contributed by atoms with Gasteiger partial charge >= 0.3 is 0 Å². The van der Waals surface area contributed by atoms with Gasteiger partial charge in [0.05, 0.1) is 16.6 Å². The molecule has 0 spiro atoms. The van der Waals surface area contributed by atoms with Gasteiger partial charge in [0.15, 0.2) is 0 Å². The minimum absolute atomic E-state index is 0.0267. The SMILES string of the molecule is Cc1ccc(C#N)cc1Nc1ccc(Br)cc1[N+](=O)[O-]. The predicted octanol–water partition coefficient (Wildman–Crippen LogP) is 4.28. The first-order valence-corrected chi connectivity index (χ1v) is 6.52. The van der Waals surface area contributed by atoms with Crippen molar-refractivity contribution < 1.29 is 4.92 Å². The van der Waals surface area contributed by atoms with E-state index in [-0.39, 0.29) is 5.69 Å². The standard InChI is InChI=1S/C14H10BrN3O2/c1-9-2-3-10(8-16)6-13(9)17-12-5-4-11(15)7-14(12)18(19)20/h2-7,17H,1H3. The quantitative estimate of drug-likeness (QED) is 0.672. The van der Waals surface area contributed by atoms with Crippen LogP contribution in [0, 0.1) is 28.4 Å². The van der Waals surface area contributed by atoms with Crippen molar-refractivity contribution in [1.82, 2.24) is 0 Å². The number of nitrogens with one attached hydrogen (secondary N) is 1. The van der Waals surface area contributed by atoms with Gasteiger partial charge in [0.25, 0.3) is 5.69 Å². The van der Waals surface area contributed by atoms with Crippen LogP contribution in [-0.2, 0) is 0 Å². The second kappa shape index (κ2) is 5.72. The summed E-state index contributed by atoms with van der Waals surface area (Å²) in [5, 5.41) is 23.0.